The molecule has 8 bridgehead atoms. The molecule has 2 N–H and O–H groups in total. The first-order valence-corrected chi connectivity index (χ1v) is 16.7. The van der Waals surface area contributed by atoms with Gasteiger partial charge in [0.25, 0.3) is 0 Å². The van der Waals surface area contributed by atoms with Crippen molar-refractivity contribution in [3.63, 3.8) is 0 Å². The minimum absolute atomic E-state index is 0.542. The summed E-state index contributed by atoms with van der Waals surface area (Å²) in [6, 6.07) is 4.32. The van der Waals surface area contributed by atoms with Crippen LogP contribution >= 0.6 is 23.2 Å². The number of nitrogens with zero attached hydrogens (tertiary/aromatic N) is 2. The van der Waals surface area contributed by atoms with Crippen LogP contribution in [0, 0.1) is 0 Å². The molecule has 0 amide bonds. The Balaban J connectivity index is 2.15. The van der Waals surface area contributed by atoms with Crippen molar-refractivity contribution in [2.75, 3.05) is 0 Å². The molecule has 4 nitrogen and oxygen atoms in total. The standard InChI is InChI=1S/C36H44Cl2N4/c1-9-19-17-20-18-28-29(37)30(38)36(40-28)27(16-8)35-24(13-5)23(12-4)34(42-35)26(15-7)33-22(11-3)21(10-2)32(41-33)25(14-6)31(19)39-20/h17-18,39-40H,9-16H2,1-8H3. The molecule has 3 aromatic heterocycles. The van der Waals surface area contributed by atoms with Gasteiger partial charge in [0, 0.05) is 27.7 Å². The van der Waals surface area contributed by atoms with Gasteiger partial charge in [-0.05, 0) is 91.4 Å². The number of allylic oxidation sites excluding steroid dienone is 4. The van der Waals surface area contributed by atoms with Crippen molar-refractivity contribution in [2.45, 2.75) is 107 Å². The van der Waals surface area contributed by atoms with E-state index in [9.17, 15) is 0 Å². The average Bonchev–Trinajstić information content (AvgIpc) is 3.74. The molecule has 0 spiro atoms. The van der Waals surface area contributed by atoms with Gasteiger partial charge in [0.2, 0.25) is 0 Å². The molecule has 222 valence electrons. The van der Waals surface area contributed by atoms with Crippen LogP contribution in [-0.2, 0) is 25.7 Å². The van der Waals surface area contributed by atoms with E-state index in [0.717, 1.165) is 96.3 Å². The molecule has 0 aliphatic carbocycles. The maximum atomic E-state index is 6.98. The number of fused-ring (bicyclic) bond motifs is 8. The highest BCUT2D eigenvalue weighted by Gasteiger charge is 2.28. The number of aromatic nitrogens is 4. The first-order chi connectivity index (χ1) is 20.3. The van der Waals surface area contributed by atoms with E-state index >= 15 is 0 Å². The Bertz CT molecular complexity index is 1780. The second kappa shape index (κ2) is 12.4. The van der Waals surface area contributed by atoms with Crippen LogP contribution in [0.1, 0.15) is 126 Å². The summed E-state index contributed by atoms with van der Waals surface area (Å²) in [5, 5.41) is 1.10. The third-order valence-electron chi connectivity index (χ3n) is 9.05. The first kappa shape index (κ1) is 30.6. The fourth-order valence-corrected chi connectivity index (χ4v) is 7.50. The summed E-state index contributed by atoms with van der Waals surface area (Å²) in [7, 11) is 0. The summed E-state index contributed by atoms with van der Waals surface area (Å²) < 4.78 is 0. The fraction of sp³-hybridized carbons (Fsp3) is 0.444. The zero-order chi connectivity index (χ0) is 30.3. The van der Waals surface area contributed by atoms with E-state index in [-0.39, 0.29) is 0 Å². The molecule has 0 unspecified atom stereocenters. The zero-order valence-electron chi connectivity index (χ0n) is 26.5. The lowest BCUT2D eigenvalue weighted by molar-refractivity contribution is 1.03. The van der Waals surface area contributed by atoms with Gasteiger partial charge in [-0.25, -0.2) is 9.97 Å². The van der Waals surface area contributed by atoms with Crippen molar-refractivity contribution in [2.24, 2.45) is 0 Å². The lowest BCUT2D eigenvalue weighted by Gasteiger charge is -2.11. The Morgan fingerprint density at radius 2 is 0.952 bits per heavy atom. The molecule has 5 heterocycles. The largest absolute Gasteiger partial charge is 0.355 e. The molecular weight excluding hydrogens is 559 g/mol. The summed E-state index contributed by atoms with van der Waals surface area (Å²) >= 11 is 13.9. The summed E-state index contributed by atoms with van der Waals surface area (Å²) in [4.78, 5) is 18.4. The maximum absolute atomic E-state index is 6.98. The topological polar surface area (TPSA) is 57.4 Å². The second-order valence-electron chi connectivity index (χ2n) is 11.1. The van der Waals surface area contributed by atoms with Crippen LogP contribution < -0.4 is 0 Å². The number of hydrogen-bond acceptors (Lipinski definition) is 2. The van der Waals surface area contributed by atoms with Gasteiger partial charge in [-0.2, -0.15) is 0 Å². The second-order valence-corrected chi connectivity index (χ2v) is 11.9. The van der Waals surface area contributed by atoms with E-state index in [1.165, 1.54) is 44.5 Å². The van der Waals surface area contributed by atoms with Crippen LogP contribution in [0.5, 0.6) is 0 Å². The highest BCUT2D eigenvalue weighted by Crippen LogP contribution is 2.44. The minimum atomic E-state index is 0.542. The Labute approximate surface area is 260 Å². The predicted molar refractivity (Wildman–Crippen MR) is 183 cm³/mol. The Morgan fingerprint density at radius 3 is 1.38 bits per heavy atom. The summed E-state index contributed by atoms with van der Waals surface area (Å²) in [6.45, 7) is 17.9. The van der Waals surface area contributed by atoms with Crippen LogP contribution in [0.15, 0.2) is 12.1 Å². The maximum Gasteiger partial charge on any atom is 0.0851 e. The minimum Gasteiger partial charge on any atom is -0.355 e. The third-order valence-corrected chi connectivity index (χ3v) is 9.92. The van der Waals surface area contributed by atoms with E-state index in [1.54, 1.807) is 0 Å². The quantitative estimate of drug-likeness (QED) is 0.269. The molecule has 0 radical (unpaired) electrons. The number of aryl methyl sites for hydroxylation is 3. The van der Waals surface area contributed by atoms with Crippen LogP contribution in [-0.4, -0.2) is 19.9 Å². The van der Waals surface area contributed by atoms with Gasteiger partial charge in [0.1, 0.15) is 0 Å². The van der Waals surface area contributed by atoms with Gasteiger partial charge >= 0.3 is 0 Å². The summed E-state index contributed by atoms with van der Waals surface area (Å²) in [5.41, 5.74) is 18.5. The average molecular weight is 604 g/mol. The van der Waals surface area contributed by atoms with E-state index in [2.05, 4.69) is 77.5 Å². The number of rotatable bonds is 8. The van der Waals surface area contributed by atoms with Crippen molar-refractivity contribution >= 4 is 67.6 Å². The van der Waals surface area contributed by atoms with E-state index < -0.39 is 0 Å². The van der Waals surface area contributed by atoms with Crippen molar-refractivity contribution in [3.05, 3.63) is 67.2 Å². The van der Waals surface area contributed by atoms with Gasteiger partial charge in [-0.15, -0.1) is 0 Å². The van der Waals surface area contributed by atoms with Crippen LogP contribution in [0.4, 0.5) is 0 Å². The SMILES string of the molecule is CCC1=C(CC)c2nc1c(CC)c1nc(c(CC)c3[nH]c(cc4cc(CC)c([nH]4)c2CC)c(Cl)c3Cl)C(CC)=C1CC. The van der Waals surface area contributed by atoms with E-state index in [0.29, 0.717) is 10.0 Å². The predicted octanol–water partition coefficient (Wildman–Crippen LogP) is 11.3. The van der Waals surface area contributed by atoms with Crippen molar-refractivity contribution in [1.29, 1.82) is 0 Å². The fourth-order valence-electron chi connectivity index (χ4n) is 7.04. The number of H-pyrrole nitrogens is 2. The smallest absolute Gasteiger partial charge is 0.0851 e. The first-order valence-electron chi connectivity index (χ1n) is 15.9. The van der Waals surface area contributed by atoms with Crippen LogP contribution in [0.2, 0.25) is 10.0 Å². The molecule has 0 aromatic carbocycles. The van der Waals surface area contributed by atoms with Gasteiger partial charge in [0.15, 0.2) is 0 Å². The third kappa shape index (κ3) is 4.75. The summed E-state index contributed by atoms with van der Waals surface area (Å²) in [5.74, 6) is 0. The Morgan fingerprint density at radius 1 is 0.500 bits per heavy atom. The molecule has 0 atom stereocenters. The molecule has 0 saturated carbocycles. The Hall–Kier alpha value is -2.82. The van der Waals surface area contributed by atoms with E-state index in [1.807, 2.05) is 0 Å². The molecule has 0 fully saturated rings. The highest BCUT2D eigenvalue weighted by atomic mass is 35.5. The van der Waals surface area contributed by atoms with Crippen LogP contribution in [0.3, 0.4) is 0 Å². The van der Waals surface area contributed by atoms with E-state index in [4.69, 9.17) is 33.2 Å². The molecule has 6 heteroatoms. The molecule has 42 heavy (non-hydrogen) atoms. The number of halogens is 2. The number of hydrogen-bond donors (Lipinski definition) is 2. The van der Waals surface area contributed by atoms with Gasteiger partial charge < -0.3 is 9.97 Å². The zero-order valence-corrected chi connectivity index (χ0v) is 28.0. The van der Waals surface area contributed by atoms with Crippen molar-refractivity contribution in [3.8, 4) is 0 Å². The van der Waals surface area contributed by atoms with Gasteiger partial charge in [-0.1, -0.05) is 78.6 Å². The number of nitrogens with one attached hydrogen (secondary N) is 2. The molecular formula is C36H44Cl2N4. The molecule has 0 saturated heterocycles. The summed E-state index contributed by atoms with van der Waals surface area (Å²) in [6.07, 6.45) is 7.15. The van der Waals surface area contributed by atoms with Gasteiger partial charge in [-0.3, -0.25) is 0 Å². The van der Waals surface area contributed by atoms with Gasteiger partial charge in [0.05, 0.1) is 43.9 Å². The van der Waals surface area contributed by atoms with Crippen molar-refractivity contribution in [1.82, 2.24) is 19.9 Å². The molecule has 3 aromatic rings. The molecule has 2 aliphatic heterocycles. The van der Waals surface area contributed by atoms with Crippen LogP contribution in [0.25, 0.3) is 44.4 Å². The number of aromatic amines is 2. The highest BCUT2D eigenvalue weighted by molar-refractivity contribution is 6.46. The lowest BCUT2D eigenvalue weighted by Crippen LogP contribution is -1.98. The molecule has 2 aliphatic rings. The molecule has 5 rings (SSSR count). The van der Waals surface area contributed by atoms with Crippen molar-refractivity contribution < 1.29 is 0 Å². The normalized spacial score (nSPS) is 13.6. The Kier molecular flexibility index (Phi) is 9.06. The lowest BCUT2D eigenvalue weighted by atomic mass is 9.91. The monoisotopic (exact) mass is 602 g/mol.